The highest BCUT2D eigenvalue weighted by atomic mass is 35.5. The first-order valence-corrected chi connectivity index (χ1v) is 7.23. The molecule has 1 rings (SSSR count). The third-order valence-corrected chi connectivity index (χ3v) is 2.74. The van der Waals surface area contributed by atoms with Crippen molar-refractivity contribution in [3.8, 4) is 0 Å². The molecule has 0 aliphatic rings. The molecule has 0 fully saturated rings. The summed E-state index contributed by atoms with van der Waals surface area (Å²) in [6.45, 7) is 12.4. The van der Waals surface area contributed by atoms with Gasteiger partial charge in [-0.2, -0.15) is 15.0 Å². The normalized spacial score (nSPS) is 11.2. The Morgan fingerprint density at radius 2 is 1.84 bits per heavy atom. The van der Waals surface area contributed by atoms with Crippen molar-refractivity contribution in [2.75, 3.05) is 23.3 Å². The molecular formula is C13H24ClN5. The van der Waals surface area contributed by atoms with Crippen molar-refractivity contribution in [3.63, 3.8) is 0 Å². The zero-order chi connectivity index (χ0) is 14.4. The summed E-state index contributed by atoms with van der Waals surface area (Å²) >= 11 is 5.99. The highest BCUT2D eigenvalue weighted by molar-refractivity contribution is 6.28. The van der Waals surface area contributed by atoms with E-state index in [1.807, 2.05) is 0 Å². The van der Waals surface area contributed by atoms with Gasteiger partial charge in [0.2, 0.25) is 17.2 Å². The van der Waals surface area contributed by atoms with E-state index in [1.165, 1.54) is 0 Å². The molecule has 0 radical (unpaired) electrons. The number of hydrogen-bond acceptors (Lipinski definition) is 5. The molecule has 1 N–H and O–H groups in total. The largest absolute Gasteiger partial charge is 0.354 e. The van der Waals surface area contributed by atoms with Crippen LogP contribution in [0, 0.1) is 5.92 Å². The average Bonchev–Trinajstić information content (AvgIpc) is 2.32. The molecule has 5 nitrogen and oxygen atoms in total. The van der Waals surface area contributed by atoms with Gasteiger partial charge in [0, 0.05) is 19.1 Å². The van der Waals surface area contributed by atoms with Crippen LogP contribution in [-0.2, 0) is 0 Å². The highest BCUT2D eigenvalue weighted by Gasteiger charge is 2.17. The first-order chi connectivity index (χ1) is 8.93. The summed E-state index contributed by atoms with van der Waals surface area (Å²) < 4.78 is 0. The zero-order valence-electron chi connectivity index (χ0n) is 12.4. The van der Waals surface area contributed by atoms with E-state index in [2.05, 4.69) is 59.8 Å². The third-order valence-electron chi connectivity index (χ3n) is 2.57. The highest BCUT2D eigenvalue weighted by Crippen LogP contribution is 2.17. The van der Waals surface area contributed by atoms with Gasteiger partial charge >= 0.3 is 0 Å². The standard InChI is InChI=1S/C13H24ClN5/c1-6-7-15-12-16-11(14)17-13(18-12)19(10(4)5)8-9(2)3/h9-10H,6-8H2,1-5H3,(H,15,16,17,18). The minimum absolute atomic E-state index is 0.234. The van der Waals surface area contributed by atoms with Crippen LogP contribution in [0.2, 0.25) is 5.28 Å². The molecule has 1 aromatic heterocycles. The van der Waals surface area contributed by atoms with Crippen molar-refractivity contribution in [2.45, 2.75) is 47.1 Å². The number of nitrogens with zero attached hydrogens (tertiary/aromatic N) is 4. The number of anilines is 2. The molecule has 0 aliphatic carbocycles. The summed E-state index contributed by atoms with van der Waals surface area (Å²) in [5, 5.41) is 3.38. The van der Waals surface area contributed by atoms with Gasteiger partial charge in [0.15, 0.2) is 0 Å². The maximum Gasteiger partial charge on any atom is 0.231 e. The topological polar surface area (TPSA) is 53.9 Å². The molecule has 0 unspecified atom stereocenters. The van der Waals surface area contributed by atoms with Crippen LogP contribution in [-0.4, -0.2) is 34.1 Å². The summed E-state index contributed by atoms with van der Waals surface area (Å²) in [5.74, 6) is 1.72. The van der Waals surface area contributed by atoms with Crippen molar-refractivity contribution in [1.29, 1.82) is 0 Å². The minimum Gasteiger partial charge on any atom is -0.354 e. The molecule has 19 heavy (non-hydrogen) atoms. The fourth-order valence-electron chi connectivity index (χ4n) is 1.70. The van der Waals surface area contributed by atoms with E-state index in [0.717, 1.165) is 19.5 Å². The summed E-state index contributed by atoms with van der Waals surface area (Å²) in [6.07, 6.45) is 1.01. The van der Waals surface area contributed by atoms with Gasteiger partial charge in [-0.15, -0.1) is 0 Å². The lowest BCUT2D eigenvalue weighted by Gasteiger charge is -2.28. The summed E-state index contributed by atoms with van der Waals surface area (Å²) in [5.41, 5.74) is 0. The van der Waals surface area contributed by atoms with Gasteiger partial charge in [0.25, 0.3) is 0 Å². The molecule has 0 saturated carbocycles. The fourth-order valence-corrected chi connectivity index (χ4v) is 1.86. The predicted molar refractivity (Wildman–Crippen MR) is 80.9 cm³/mol. The Bertz CT molecular complexity index is 395. The Morgan fingerprint density at radius 3 is 2.37 bits per heavy atom. The van der Waals surface area contributed by atoms with E-state index >= 15 is 0 Å². The Balaban J connectivity index is 2.98. The van der Waals surface area contributed by atoms with Crippen molar-refractivity contribution in [1.82, 2.24) is 15.0 Å². The maximum absolute atomic E-state index is 5.99. The predicted octanol–water partition coefficient (Wildman–Crippen LogP) is 3.22. The molecule has 0 amide bonds. The van der Waals surface area contributed by atoms with Crippen LogP contribution < -0.4 is 10.2 Å². The van der Waals surface area contributed by atoms with Gasteiger partial charge in [-0.3, -0.25) is 0 Å². The van der Waals surface area contributed by atoms with Crippen molar-refractivity contribution in [3.05, 3.63) is 5.28 Å². The number of nitrogens with one attached hydrogen (secondary N) is 1. The fraction of sp³-hybridized carbons (Fsp3) is 0.769. The average molecular weight is 286 g/mol. The van der Waals surface area contributed by atoms with Crippen molar-refractivity contribution in [2.24, 2.45) is 5.92 Å². The van der Waals surface area contributed by atoms with Crippen molar-refractivity contribution >= 4 is 23.5 Å². The molecule has 1 heterocycles. The minimum atomic E-state index is 0.234. The van der Waals surface area contributed by atoms with E-state index < -0.39 is 0 Å². The van der Waals surface area contributed by atoms with Gasteiger partial charge in [-0.05, 0) is 37.8 Å². The van der Waals surface area contributed by atoms with Crippen LogP contribution in [0.25, 0.3) is 0 Å². The van der Waals surface area contributed by atoms with Gasteiger partial charge in [-0.25, -0.2) is 0 Å². The van der Waals surface area contributed by atoms with Crippen LogP contribution in [0.4, 0.5) is 11.9 Å². The number of hydrogen-bond donors (Lipinski definition) is 1. The summed E-state index contributed by atoms with van der Waals surface area (Å²) in [7, 11) is 0. The molecule has 0 aromatic carbocycles. The Hall–Kier alpha value is -1.10. The van der Waals surface area contributed by atoms with Gasteiger partial charge in [-0.1, -0.05) is 20.8 Å². The lowest BCUT2D eigenvalue weighted by Crippen LogP contribution is -2.35. The number of aromatic nitrogens is 3. The second kappa shape index (κ2) is 7.48. The third kappa shape index (κ3) is 5.19. The Kier molecular flexibility index (Phi) is 6.28. The summed E-state index contributed by atoms with van der Waals surface area (Å²) in [6, 6.07) is 0.319. The van der Waals surface area contributed by atoms with E-state index in [-0.39, 0.29) is 5.28 Å². The summed E-state index contributed by atoms with van der Waals surface area (Å²) in [4.78, 5) is 14.9. The van der Waals surface area contributed by atoms with Gasteiger partial charge < -0.3 is 10.2 Å². The first kappa shape index (κ1) is 16.0. The van der Waals surface area contributed by atoms with E-state index in [0.29, 0.717) is 23.9 Å². The van der Waals surface area contributed by atoms with Crippen LogP contribution >= 0.6 is 11.6 Å². The second-order valence-electron chi connectivity index (χ2n) is 5.29. The molecule has 0 atom stereocenters. The van der Waals surface area contributed by atoms with E-state index in [9.17, 15) is 0 Å². The quantitative estimate of drug-likeness (QED) is 0.834. The lowest BCUT2D eigenvalue weighted by atomic mass is 10.2. The molecule has 6 heteroatoms. The van der Waals surface area contributed by atoms with Crippen LogP contribution in [0.1, 0.15) is 41.0 Å². The SMILES string of the molecule is CCCNc1nc(Cl)nc(N(CC(C)C)C(C)C)n1. The van der Waals surface area contributed by atoms with Gasteiger partial charge in [0.05, 0.1) is 0 Å². The Morgan fingerprint density at radius 1 is 1.16 bits per heavy atom. The van der Waals surface area contributed by atoms with Crippen molar-refractivity contribution < 1.29 is 0 Å². The zero-order valence-corrected chi connectivity index (χ0v) is 13.2. The van der Waals surface area contributed by atoms with Crippen LogP contribution in [0.15, 0.2) is 0 Å². The number of halogens is 1. The van der Waals surface area contributed by atoms with E-state index in [4.69, 9.17) is 11.6 Å². The van der Waals surface area contributed by atoms with Crippen LogP contribution in [0.5, 0.6) is 0 Å². The smallest absolute Gasteiger partial charge is 0.231 e. The molecule has 1 aromatic rings. The molecular weight excluding hydrogens is 262 g/mol. The van der Waals surface area contributed by atoms with Crippen LogP contribution in [0.3, 0.4) is 0 Å². The first-order valence-electron chi connectivity index (χ1n) is 6.86. The molecule has 0 spiro atoms. The van der Waals surface area contributed by atoms with E-state index in [1.54, 1.807) is 0 Å². The maximum atomic E-state index is 5.99. The Labute approximate surface area is 120 Å². The molecule has 0 saturated heterocycles. The molecule has 0 aliphatic heterocycles. The molecule has 0 bridgehead atoms. The van der Waals surface area contributed by atoms with Gasteiger partial charge in [0.1, 0.15) is 0 Å². The number of rotatable bonds is 7. The lowest BCUT2D eigenvalue weighted by molar-refractivity contribution is 0.559. The molecule has 108 valence electrons. The monoisotopic (exact) mass is 285 g/mol. The second-order valence-corrected chi connectivity index (χ2v) is 5.63.